The first kappa shape index (κ1) is 31.1. The number of amides is 1. The van der Waals surface area contributed by atoms with E-state index in [-0.39, 0.29) is 16.7 Å². The summed E-state index contributed by atoms with van der Waals surface area (Å²) in [5.74, 6) is -1.01. The lowest BCUT2D eigenvalue weighted by Crippen LogP contribution is -2.60. The van der Waals surface area contributed by atoms with Crippen LogP contribution in [0.15, 0.2) is 71.6 Å². The molecule has 3 aromatic carbocycles. The van der Waals surface area contributed by atoms with E-state index in [1.807, 2.05) is 18.2 Å². The molecule has 1 unspecified atom stereocenters. The first-order valence-corrected chi connectivity index (χ1v) is 18.6. The fraction of sp³-hybridized carbons (Fsp3) is 0.394. The molecule has 1 aliphatic carbocycles. The Morgan fingerprint density at radius 2 is 1.78 bits per heavy atom. The number of sulfone groups is 1. The number of sulfonamides is 1. The van der Waals surface area contributed by atoms with Gasteiger partial charge in [-0.25, -0.2) is 16.8 Å². The van der Waals surface area contributed by atoms with Gasteiger partial charge in [0.1, 0.15) is 17.1 Å². The molecule has 6 rings (SSSR count). The molecule has 0 saturated carbocycles. The maximum atomic E-state index is 13.7. The van der Waals surface area contributed by atoms with Crippen molar-refractivity contribution in [2.45, 2.75) is 48.6 Å². The van der Waals surface area contributed by atoms with Crippen LogP contribution in [-0.4, -0.2) is 53.4 Å². The van der Waals surface area contributed by atoms with Crippen LogP contribution in [0.3, 0.4) is 0 Å². The summed E-state index contributed by atoms with van der Waals surface area (Å²) in [6, 6.07) is 20.3. The number of ether oxygens (including phenoxy) is 1. The highest BCUT2D eigenvalue weighted by Crippen LogP contribution is 2.53. The molecule has 3 aliphatic rings. The molecule has 0 radical (unpaired) electrons. The van der Waals surface area contributed by atoms with Gasteiger partial charge in [0.25, 0.3) is 0 Å². The Balaban J connectivity index is 1.42. The third-order valence-electron chi connectivity index (χ3n) is 9.23. The molecule has 3 N–H and O–H groups in total. The molecule has 1 spiro atoms. The summed E-state index contributed by atoms with van der Waals surface area (Å²) < 4.78 is 60.1. The Bertz CT molecular complexity index is 1870. The Morgan fingerprint density at radius 3 is 2.49 bits per heavy atom. The predicted molar refractivity (Wildman–Crippen MR) is 170 cm³/mol. The molecule has 236 valence electrons. The highest BCUT2D eigenvalue weighted by atomic mass is 32.2. The third-order valence-corrected chi connectivity index (χ3v) is 11.5. The molecule has 0 aromatic heterocycles. The predicted octanol–water partition coefficient (Wildman–Crippen LogP) is 3.50. The number of piperidine rings is 1. The lowest BCUT2D eigenvalue weighted by atomic mass is 9.62. The van der Waals surface area contributed by atoms with Gasteiger partial charge < -0.3 is 15.4 Å². The van der Waals surface area contributed by atoms with Crippen LogP contribution >= 0.6 is 0 Å². The van der Waals surface area contributed by atoms with Gasteiger partial charge in [0.2, 0.25) is 15.9 Å². The Kier molecular flexibility index (Phi) is 8.37. The Morgan fingerprint density at radius 1 is 1.02 bits per heavy atom. The normalized spacial score (nSPS) is 22.3. The quantitative estimate of drug-likeness (QED) is 0.352. The van der Waals surface area contributed by atoms with Crippen LogP contribution in [0.2, 0.25) is 0 Å². The minimum absolute atomic E-state index is 0.0549. The molecule has 45 heavy (non-hydrogen) atoms. The highest BCUT2D eigenvalue weighted by molar-refractivity contribution is 7.92. The number of nitrogens with one attached hydrogen (secondary N) is 3. The van der Waals surface area contributed by atoms with Crippen LogP contribution in [0.4, 0.5) is 5.69 Å². The second-order valence-electron chi connectivity index (χ2n) is 12.3. The highest BCUT2D eigenvalue weighted by Gasteiger charge is 2.54. The van der Waals surface area contributed by atoms with Crippen LogP contribution in [0.25, 0.3) is 0 Å². The average molecular weight is 649 g/mol. The number of carbonyl (C=O) groups excluding carboxylic acids is 1. The number of hydrogen-bond donors (Lipinski definition) is 3. The summed E-state index contributed by atoms with van der Waals surface area (Å²) in [4.78, 5) is 13.8. The summed E-state index contributed by atoms with van der Waals surface area (Å²) in [7, 11) is -7.50. The van der Waals surface area contributed by atoms with Crippen molar-refractivity contribution in [2.75, 3.05) is 29.8 Å². The van der Waals surface area contributed by atoms with Crippen LogP contribution in [0, 0.1) is 23.2 Å². The molecule has 1 fully saturated rings. The number of rotatable bonds is 7. The molecule has 2 aliphatic heterocycles. The zero-order valence-corrected chi connectivity index (χ0v) is 26.6. The minimum atomic E-state index is -3.91. The van der Waals surface area contributed by atoms with Crippen molar-refractivity contribution in [2.24, 2.45) is 11.8 Å². The number of carbonyl (C=O) groups is 1. The zero-order chi connectivity index (χ0) is 31.8. The molecular formula is C33H36N4O6S2. The van der Waals surface area contributed by atoms with Gasteiger partial charge in [0.15, 0.2) is 9.84 Å². The Labute approximate surface area is 264 Å². The third kappa shape index (κ3) is 6.57. The first-order chi connectivity index (χ1) is 21.5. The summed E-state index contributed by atoms with van der Waals surface area (Å²) in [5.41, 5.74) is 3.19. The summed E-state index contributed by atoms with van der Waals surface area (Å²) in [6.45, 7) is 1.44. The van der Waals surface area contributed by atoms with Gasteiger partial charge in [0.05, 0.1) is 28.8 Å². The number of anilines is 1. The molecule has 0 bridgehead atoms. The standard InChI is InChI=1S/C33H36N4O6S2/c1-44(39,40)37-26-11-12-29-28(19-26)32(36-30(38)21-45(41,42)27-5-3-2-4-6-27)31(33(43-29)13-15-35-16-14-33)25-10-9-23-17-22(20-34)7-8-24(23)18-25/h2-8,11-12,17,19,25,31-32,35,37H,9-10,13-16,18,21H2,1H3,(H,36,38)/t25-,31?,32-/m1/s1. The van der Waals surface area contributed by atoms with Gasteiger partial charge in [-0.2, -0.15) is 5.26 Å². The number of aryl methyl sites for hydroxylation is 1. The molecule has 2 heterocycles. The summed E-state index contributed by atoms with van der Waals surface area (Å²) in [6.07, 6.45) is 4.69. The lowest BCUT2D eigenvalue weighted by Gasteiger charge is -2.54. The van der Waals surface area contributed by atoms with Gasteiger partial charge in [0, 0.05) is 17.2 Å². The maximum Gasteiger partial charge on any atom is 0.236 e. The van der Waals surface area contributed by atoms with Gasteiger partial charge >= 0.3 is 0 Å². The van der Waals surface area contributed by atoms with Crippen LogP contribution in [0.1, 0.15) is 47.6 Å². The topological polar surface area (TPSA) is 154 Å². The van der Waals surface area contributed by atoms with E-state index in [1.165, 1.54) is 12.1 Å². The molecule has 3 aromatic rings. The average Bonchev–Trinajstić information content (AvgIpc) is 3.01. The van der Waals surface area contributed by atoms with Gasteiger partial charge in [-0.1, -0.05) is 24.3 Å². The van der Waals surface area contributed by atoms with E-state index in [4.69, 9.17) is 4.74 Å². The maximum absolute atomic E-state index is 13.7. The summed E-state index contributed by atoms with van der Waals surface area (Å²) >= 11 is 0. The van der Waals surface area contributed by atoms with E-state index < -0.39 is 43.2 Å². The molecule has 1 amide bonds. The van der Waals surface area contributed by atoms with Crippen molar-refractivity contribution in [3.63, 3.8) is 0 Å². The van der Waals surface area contributed by atoms with E-state index >= 15 is 0 Å². The number of hydrogen-bond acceptors (Lipinski definition) is 8. The number of nitrogens with zero attached hydrogens (tertiary/aromatic N) is 1. The van der Waals surface area contributed by atoms with Gasteiger partial charge in [-0.3, -0.25) is 9.52 Å². The SMILES string of the molecule is CS(=O)(=O)Nc1ccc2c(c1)[C@@H](NC(=O)CS(=O)(=O)c1ccccc1)C([C@@H]1CCc3cc(C#N)ccc3C1)C1(CCNCC1)O2. The first-order valence-electron chi connectivity index (χ1n) is 15.1. The molecule has 3 atom stereocenters. The van der Waals surface area contributed by atoms with Crippen molar-refractivity contribution >= 4 is 31.5 Å². The monoisotopic (exact) mass is 648 g/mol. The fourth-order valence-corrected chi connectivity index (χ4v) is 9.08. The Hall–Kier alpha value is -3.92. The molecule has 1 saturated heterocycles. The minimum Gasteiger partial charge on any atom is -0.486 e. The second kappa shape index (κ2) is 12.1. The fourth-order valence-electron chi connectivity index (χ4n) is 7.36. The number of benzene rings is 3. The van der Waals surface area contributed by atoms with E-state index in [9.17, 15) is 26.9 Å². The van der Waals surface area contributed by atoms with Gasteiger partial charge in [-0.15, -0.1) is 0 Å². The van der Waals surface area contributed by atoms with Gasteiger partial charge in [-0.05, 0) is 105 Å². The molecule has 12 heteroatoms. The lowest BCUT2D eigenvalue weighted by molar-refractivity contribution is -0.123. The van der Waals surface area contributed by atoms with Crippen LogP contribution in [-0.2, 0) is 37.5 Å². The molecule has 10 nitrogen and oxygen atoms in total. The van der Waals surface area contributed by atoms with Crippen molar-refractivity contribution in [1.82, 2.24) is 10.6 Å². The largest absolute Gasteiger partial charge is 0.486 e. The van der Waals surface area contributed by atoms with E-state index in [2.05, 4.69) is 21.4 Å². The van der Waals surface area contributed by atoms with E-state index in [0.29, 0.717) is 41.8 Å². The number of fused-ring (bicyclic) bond motifs is 2. The van der Waals surface area contributed by atoms with Crippen molar-refractivity contribution in [3.05, 3.63) is 89.0 Å². The molecular weight excluding hydrogens is 613 g/mol. The van der Waals surface area contributed by atoms with Crippen molar-refractivity contribution in [3.8, 4) is 11.8 Å². The summed E-state index contributed by atoms with van der Waals surface area (Å²) in [5, 5.41) is 16.0. The smallest absolute Gasteiger partial charge is 0.236 e. The van der Waals surface area contributed by atoms with Crippen molar-refractivity contribution < 1.29 is 26.4 Å². The number of nitriles is 1. The van der Waals surface area contributed by atoms with E-state index in [1.54, 1.807) is 36.4 Å². The second-order valence-corrected chi connectivity index (χ2v) is 16.0. The van der Waals surface area contributed by atoms with E-state index in [0.717, 1.165) is 43.3 Å². The zero-order valence-electron chi connectivity index (χ0n) is 25.0. The van der Waals surface area contributed by atoms with Crippen LogP contribution in [0.5, 0.6) is 5.75 Å². The van der Waals surface area contributed by atoms with Crippen molar-refractivity contribution in [1.29, 1.82) is 5.26 Å². The van der Waals surface area contributed by atoms with Crippen LogP contribution < -0.4 is 20.1 Å².